The Morgan fingerprint density at radius 2 is 2.36 bits per heavy atom. The van der Waals surface area contributed by atoms with Crippen LogP contribution < -0.4 is 4.90 Å². The van der Waals surface area contributed by atoms with Crippen molar-refractivity contribution in [3.8, 4) is 0 Å². The predicted octanol–water partition coefficient (Wildman–Crippen LogP) is 2.49. The minimum Gasteiger partial charge on any atom is -0.314 e. The molecule has 0 spiro atoms. The molecule has 0 fully saturated rings. The van der Waals surface area contributed by atoms with Crippen LogP contribution in [0, 0.1) is 0 Å². The lowest BCUT2D eigenvalue weighted by molar-refractivity contribution is -0.116. The Balaban J connectivity index is 2.43. The normalized spacial score (nSPS) is 15.6. The van der Waals surface area contributed by atoms with E-state index in [9.17, 15) is 4.79 Å². The summed E-state index contributed by atoms with van der Waals surface area (Å²) in [5.41, 5.74) is 2.08. The molecule has 1 aromatic rings. The number of amides is 1. The molecular weight excluding hydrogens is 218 g/mol. The Morgan fingerprint density at radius 3 is 3.07 bits per heavy atom. The molecule has 0 aliphatic carbocycles. The highest BCUT2D eigenvalue weighted by Crippen LogP contribution is 2.35. The third-order valence-electron chi connectivity index (χ3n) is 2.27. The van der Waals surface area contributed by atoms with Crippen molar-refractivity contribution in [2.24, 2.45) is 0 Å². The zero-order valence-electron chi connectivity index (χ0n) is 7.79. The van der Waals surface area contributed by atoms with Crippen LogP contribution in [0.15, 0.2) is 23.1 Å². The summed E-state index contributed by atoms with van der Waals surface area (Å²) in [5, 5.41) is 0. The van der Waals surface area contributed by atoms with Gasteiger partial charge in [0.1, 0.15) is 0 Å². The van der Waals surface area contributed by atoms with Gasteiger partial charge in [0.05, 0.1) is 11.4 Å². The van der Waals surface area contributed by atoms with Crippen molar-refractivity contribution in [3.05, 3.63) is 23.8 Å². The molecule has 0 atom stereocenters. The topological polar surface area (TPSA) is 20.3 Å². The Kier molecular flexibility index (Phi) is 2.70. The lowest BCUT2D eigenvalue weighted by Gasteiger charge is -2.25. The summed E-state index contributed by atoms with van der Waals surface area (Å²) >= 11 is 7.32. The number of rotatable bonds is 1. The second kappa shape index (κ2) is 3.83. The molecule has 1 amide bonds. The molecule has 0 saturated heterocycles. The van der Waals surface area contributed by atoms with Crippen molar-refractivity contribution in [2.75, 3.05) is 17.7 Å². The van der Waals surface area contributed by atoms with E-state index in [4.69, 9.17) is 11.6 Å². The molecule has 4 heteroatoms. The van der Waals surface area contributed by atoms with Crippen LogP contribution in [0.5, 0.6) is 0 Å². The van der Waals surface area contributed by atoms with Gasteiger partial charge in [-0.15, -0.1) is 23.4 Å². The summed E-state index contributed by atoms with van der Waals surface area (Å²) in [6, 6.07) is 5.97. The summed E-state index contributed by atoms with van der Waals surface area (Å²) in [6.45, 7) is 0. The molecule has 1 aliphatic rings. The maximum absolute atomic E-state index is 11.4. The van der Waals surface area contributed by atoms with Gasteiger partial charge in [0.15, 0.2) is 0 Å². The van der Waals surface area contributed by atoms with E-state index in [0.29, 0.717) is 11.6 Å². The lowest BCUT2D eigenvalue weighted by Crippen LogP contribution is -2.31. The average Bonchev–Trinajstić information content (AvgIpc) is 2.23. The Bertz CT molecular complexity index is 380. The Morgan fingerprint density at radius 1 is 1.57 bits per heavy atom. The highest BCUT2D eigenvalue weighted by molar-refractivity contribution is 8.00. The monoisotopic (exact) mass is 227 g/mol. The molecule has 2 rings (SSSR count). The Labute approximate surface area is 92.2 Å². The van der Waals surface area contributed by atoms with Crippen molar-refractivity contribution in [1.29, 1.82) is 0 Å². The van der Waals surface area contributed by atoms with Crippen LogP contribution >= 0.6 is 23.4 Å². The number of alkyl halides is 1. The van der Waals surface area contributed by atoms with E-state index in [0.717, 1.165) is 16.1 Å². The molecule has 1 aliphatic heterocycles. The number of benzene rings is 1. The van der Waals surface area contributed by atoms with Crippen LogP contribution in [0.1, 0.15) is 5.56 Å². The predicted molar refractivity (Wildman–Crippen MR) is 60.1 cm³/mol. The average molecular weight is 228 g/mol. The summed E-state index contributed by atoms with van der Waals surface area (Å²) in [6.07, 6.45) is 0. The van der Waals surface area contributed by atoms with E-state index in [1.54, 1.807) is 23.7 Å². The highest BCUT2D eigenvalue weighted by atomic mass is 35.5. The van der Waals surface area contributed by atoms with Crippen LogP contribution in [0.3, 0.4) is 0 Å². The molecule has 0 saturated carbocycles. The van der Waals surface area contributed by atoms with Gasteiger partial charge in [-0.25, -0.2) is 0 Å². The highest BCUT2D eigenvalue weighted by Gasteiger charge is 2.21. The van der Waals surface area contributed by atoms with E-state index in [-0.39, 0.29) is 5.91 Å². The SMILES string of the molecule is CN1C(=O)CSc2cc(CCl)ccc21. The van der Waals surface area contributed by atoms with Crippen molar-refractivity contribution in [2.45, 2.75) is 10.8 Å². The maximum atomic E-state index is 11.4. The van der Waals surface area contributed by atoms with Crippen LogP contribution in [-0.4, -0.2) is 18.7 Å². The van der Waals surface area contributed by atoms with Crippen molar-refractivity contribution in [1.82, 2.24) is 0 Å². The first kappa shape index (κ1) is 9.87. The number of halogens is 1. The standard InChI is InChI=1S/C10H10ClNOS/c1-12-8-3-2-7(5-11)4-9(8)14-6-10(12)13/h2-4H,5-6H2,1H3. The first-order valence-corrected chi connectivity index (χ1v) is 5.82. The smallest absolute Gasteiger partial charge is 0.237 e. The van der Waals surface area contributed by atoms with Gasteiger partial charge in [-0.3, -0.25) is 4.79 Å². The molecule has 0 unspecified atom stereocenters. The second-order valence-electron chi connectivity index (χ2n) is 3.18. The fourth-order valence-electron chi connectivity index (χ4n) is 1.41. The second-order valence-corrected chi connectivity index (χ2v) is 4.46. The molecule has 0 N–H and O–H groups in total. The minimum absolute atomic E-state index is 0.154. The molecule has 2 nitrogen and oxygen atoms in total. The molecule has 1 aromatic carbocycles. The van der Waals surface area contributed by atoms with Gasteiger partial charge in [-0.05, 0) is 17.7 Å². The van der Waals surface area contributed by atoms with E-state index < -0.39 is 0 Å². The number of carbonyl (C=O) groups is 1. The molecule has 0 bridgehead atoms. The number of hydrogen-bond acceptors (Lipinski definition) is 2. The number of anilines is 1. The van der Waals surface area contributed by atoms with Crippen molar-refractivity contribution < 1.29 is 4.79 Å². The fourth-order valence-corrected chi connectivity index (χ4v) is 2.63. The number of hydrogen-bond donors (Lipinski definition) is 0. The molecule has 74 valence electrons. The van der Waals surface area contributed by atoms with Crippen LogP contribution in [0.4, 0.5) is 5.69 Å². The lowest BCUT2D eigenvalue weighted by atomic mass is 10.2. The van der Waals surface area contributed by atoms with Crippen LogP contribution in [-0.2, 0) is 10.7 Å². The Hall–Kier alpha value is -0.670. The van der Waals surface area contributed by atoms with Crippen LogP contribution in [0.2, 0.25) is 0 Å². The first-order valence-electron chi connectivity index (χ1n) is 4.30. The summed E-state index contributed by atoms with van der Waals surface area (Å²) in [7, 11) is 1.81. The van der Waals surface area contributed by atoms with Gasteiger partial charge in [-0.2, -0.15) is 0 Å². The zero-order valence-corrected chi connectivity index (χ0v) is 9.36. The molecule has 1 heterocycles. The van der Waals surface area contributed by atoms with E-state index in [1.165, 1.54) is 0 Å². The van der Waals surface area contributed by atoms with Gasteiger partial charge in [0.2, 0.25) is 5.91 Å². The summed E-state index contributed by atoms with van der Waals surface area (Å²) < 4.78 is 0. The number of fused-ring (bicyclic) bond motifs is 1. The van der Waals surface area contributed by atoms with E-state index in [2.05, 4.69) is 6.07 Å². The van der Waals surface area contributed by atoms with E-state index >= 15 is 0 Å². The number of nitrogens with zero attached hydrogens (tertiary/aromatic N) is 1. The maximum Gasteiger partial charge on any atom is 0.237 e. The minimum atomic E-state index is 0.154. The molecular formula is C10H10ClNOS. The van der Waals surface area contributed by atoms with Gasteiger partial charge in [0, 0.05) is 17.8 Å². The fraction of sp³-hybridized carbons (Fsp3) is 0.300. The van der Waals surface area contributed by atoms with Gasteiger partial charge in [-0.1, -0.05) is 6.07 Å². The number of thioether (sulfide) groups is 1. The van der Waals surface area contributed by atoms with Crippen molar-refractivity contribution in [3.63, 3.8) is 0 Å². The molecule has 0 aromatic heterocycles. The largest absolute Gasteiger partial charge is 0.314 e. The van der Waals surface area contributed by atoms with Gasteiger partial charge >= 0.3 is 0 Å². The first-order chi connectivity index (χ1) is 6.72. The van der Waals surface area contributed by atoms with E-state index in [1.807, 2.05) is 12.1 Å². The third-order valence-corrected chi connectivity index (χ3v) is 3.60. The van der Waals surface area contributed by atoms with Gasteiger partial charge in [0.25, 0.3) is 0 Å². The van der Waals surface area contributed by atoms with Crippen LogP contribution in [0.25, 0.3) is 0 Å². The van der Waals surface area contributed by atoms with Crippen molar-refractivity contribution >= 4 is 35.0 Å². The van der Waals surface area contributed by atoms with Gasteiger partial charge < -0.3 is 4.90 Å². The third kappa shape index (κ3) is 1.62. The summed E-state index contributed by atoms with van der Waals surface area (Å²) in [4.78, 5) is 14.2. The molecule has 14 heavy (non-hydrogen) atoms. The quantitative estimate of drug-likeness (QED) is 0.688. The molecule has 0 radical (unpaired) electrons. The number of carbonyl (C=O) groups excluding carboxylic acids is 1. The summed E-state index contributed by atoms with van der Waals surface area (Å²) in [5.74, 6) is 1.20. The zero-order chi connectivity index (χ0) is 10.1.